The topological polar surface area (TPSA) is 104 Å². The molecule has 0 radical (unpaired) electrons. The van der Waals surface area contributed by atoms with Gasteiger partial charge in [0.1, 0.15) is 6.54 Å². The highest BCUT2D eigenvalue weighted by Gasteiger charge is 2.27. The summed E-state index contributed by atoms with van der Waals surface area (Å²) in [5.41, 5.74) is 0.656. The van der Waals surface area contributed by atoms with E-state index >= 15 is 0 Å². The minimum Gasteiger partial charge on any atom is -0.325 e. The van der Waals surface area contributed by atoms with Crippen LogP contribution in [0.3, 0.4) is 0 Å². The lowest BCUT2D eigenvalue weighted by Gasteiger charge is -2.24. The van der Waals surface area contributed by atoms with Crippen molar-refractivity contribution in [3.63, 3.8) is 0 Å². The van der Waals surface area contributed by atoms with Crippen molar-refractivity contribution in [2.75, 3.05) is 29.3 Å². The van der Waals surface area contributed by atoms with Gasteiger partial charge in [-0.1, -0.05) is 43.6 Å². The summed E-state index contributed by atoms with van der Waals surface area (Å²) in [6.45, 7) is 3.70. The number of carbonyl (C=O) groups excluding carboxylic acids is 1. The smallest absolute Gasteiger partial charge is 0.264 e. The standard InChI is InChI=1S/C24H26ClN3O5S2/c1-3-27(4-2)34(30,31)22-16-12-20(13-17-22)26-24(29)18-28(21-8-6-5-7-9-21)35(32,33)23-14-10-19(25)11-15-23/h5-17H,3-4,18H2,1-2H3,(H,26,29). The van der Waals surface area contributed by atoms with E-state index in [4.69, 9.17) is 11.6 Å². The number of sulfonamides is 2. The number of anilines is 2. The fourth-order valence-corrected chi connectivity index (χ4v) is 6.40. The quantitative estimate of drug-likeness (QED) is 0.419. The first-order valence-corrected chi connectivity index (χ1v) is 14.1. The molecule has 3 aromatic carbocycles. The average Bonchev–Trinajstić information content (AvgIpc) is 2.84. The highest BCUT2D eigenvalue weighted by molar-refractivity contribution is 7.92. The van der Waals surface area contributed by atoms with Crippen LogP contribution in [-0.2, 0) is 24.8 Å². The predicted octanol–water partition coefficient (Wildman–Crippen LogP) is 4.20. The molecule has 0 aromatic heterocycles. The first kappa shape index (κ1) is 26.7. The van der Waals surface area contributed by atoms with Crippen LogP contribution in [0.1, 0.15) is 13.8 Å². The molecule has 0 fully saturated rings. The van der Waals surface area contributed by atoms with Gasteiger partial charge < -0.3 is 5.32 Å². The van der Waals surface area contributed by atoms with Gasteiger partial charge in [-0.15, -0.1) is 0 Å². The Bertz CT molecular complexity index is 1360. The first-order valence-electron chi connectivity index (χ1n) is 10.8. The molecule has 0 spiro atoms. The molecule has 0 aliphatic carbocycles. The minimum atomic E-state index is -4.07. The number of nitrogens with zero attached hydrogens (tertiary/aromatic N) is 2. The molecule has 8 nitrogen and oxygen atoms in total. The van der Waals surface area contributed by atoms with Crippen LogP contribution in [0.25, 0.3) is 0 Å². The van der Waals surface area contributed by atoms with Crippen molar-refractivity contribution in [2.24, 2.45) is 0 Å². The summed E-state index contributed by atoms with van der Waals surface area (Å²) >= 11 is 5.89. The summed E-state index contributed by atoms with van der Waals surface area (Å²) in [5.74, 6) is -0.592. The molecule has 1 amide bonds. The largest absolute Gasteiger partial charge is 0.325 e. The normalized spacial score (nSPS) is 11.9. The fraction of sp³-hybridized carbons (Fsp3) is 0.208. The SMILES string of the molecule is CCN(CC)S(=O)(=O)c1ccc(NC(=O)CN(c2ccccc2)S(=O)(=O)c2ccc(Cl)cc2)cc1. The average molecular weight is 536 g/mol. The zero-order valence-corrected chi connectivity index (χ0v) is 21.6. The van der Waals surface area contributed by atoms with Gasteiger partial charge in [0.05, 0.1) is 15.5 Å². The summed E-state index contributed by atoms with van der Waals surface area (Å²) < 4.78 is 54.3. The lowest BCUT2D eigenvalue weighted by Crippen LogP contribution is -2.38. The van der Waals surface area contributed by atoms with Gasteiger partial charge in [-0.05, 0) is 60.7 Å². The molecule has 0 saturated carbocycles. The van der Waals surface area contributed by atoms with E-state index in [9.17, 15) is 21.6 Å². The molecule has 0 saturated heterocycles. The predicted molar refractivity (Wildman–Crippen MR) is 138 cm³/mol. The van der Waals surface area contributed by atoms with Crippen molar-refractivity contribution in [1.82, 2.24) is 4.31 Å². The molecule has 0 aliphatic heterocycles. The van der Waals surface area contributed by atoms with Gasteiger partial charge in [-0.25, -0.2) is 16.8 Å². The van der Waals surface area contributed by atoms with Crippen LogP contribution in [0.4, 0.5) is 11.4 Å². The zero-order chi connectivity index (χ0) is 25.6. The van der Waals surface area contributed by atoms with Gasteiger partial charge in [-0.2, -0.15) is 4.31 Å². The number of benzene rings is 3. The van der Waals surface area contributed by atoms with Crippen molar-refractivity contribution in [2.45, 2.75) is 23.6 Å². The fourth-order valence-electron chi connectivity index (χ4n) is 3.40. The maximum Gasteiger partial charge on any atom is 0.264 e. The van der Waals surface area contributed by atoms with Crippen LogP contribution in [-0.4, -0.2) is 46.7 Å². The van der Waals surface area contributed by atoms with Gasteiger partial charge in [0.25, 0.3) is 10.0 Å². The van der Waals surface area contributed by atoms with Gasteiger partial charge in [0.15, 0.2) is 0 Å². The molecular weight excluding hydrogens is 510 g/mol. The van der Waals surface area contributed by atoms with Crippen molar-refractivity contribution < 1.29 is 21.6 Å². The third-order valence-electron chi connectivity index (χ3n) is 5.21. The van der Waals surface area contributed by atoms with Gasteiger partial charge in [0.2, 0.25) is 15.9 Å². The Morgan fingerprint density at radius 1 is 0.771 bits per heavy atom. The van der Waals surface area contributed by atoms with Gasteiger partial charge >= 0.3 is 0 Å². The van der Waals surface area contributed by atoms with Crippen molar-refractivity contribution in [1.29, 1.82) is 0 Å². The Labute approximate surface area is 211 Å². The van der Waals surface area contributed by atoms with Crippen LogP contribution < -0.4 is 9.62 Å². The zero-order valence-electron chi connectivity index (χ0n) is 19.3. The van der Waals surface area contributed by atoms with Crippen molar-refractivity contribution >= 4 is 48.9 Å². The number of para-hydroxylation sites is 1. The van der Waals surface area contributed by atoms with Crippen LogP contribution in [0.2, 0.25) is 5.02 Å². The van der Waals surface area contributed by atoms with Crippen LogP contribution >= 0.6 is 11.6 Å². The lowest BCUT2D eigenvalue weighted by molar-refractivity contribution is -0.114. The second-order valence-electron chi connectivity index (χ2n) is 7.46. The first-order chi connectivity index (χ1) is 16.6. The molecule has 0 unspecified atom stereocenters. The highest BCUT2D eigenvalue weighted by atomic mass is 35.5. The van der Waals surface area contributed by atoms with E-state index in [2.05, 4.69) is 5.32 Å². The summed E-state index contributed by atoms with van der Waals surface area (Å²) in [6.07, 6.45) is 0. The number of carbonyl (C=O) groups is 1. The van der Waals surface area contributed by atoms with Gasteiger partial charge in [0, 0.05) is 23.8 Å². The Morgan fingerprint density at radius 2 is 1.29 bits per heavy atom. The maximum atomic E-state index is 13.3. The number of amides is 1. The molecule has 0 atom stereocenters. The van der Waals surface area contributed by atoms with E-state index in [1.165, 1.54) is 52.8 Å². The van der Waals surface area contributed by atoms with E-state index in [1.54, 1.807) is 44.2 Å². The third-order valence-corrected chi connectivity index (χ3v) is 9.32. The highest BCUT2D eigenvalue weighted by Crippen LogP contribution is 2.25. The van der Waals surface area contributed by atoms with Crippen LogP contribution in [0.15, 0.2) is 88.7 Å². The number of halogens is 1. The van der Waals surface area contributed by atoms with E-state index in [0.717, 1.165) is 4.31 Å². The second kappa shape index (κ2) is 11.2. The van der Waals surface area contributed by atoms with E-state index in [1.807, 2.05) is 0 Å². The Hall–Kier alpha value is -2.92. The molecule has 3 rings (SSSR count). The van der Waals surface area contributed by atoms with Crippen molar-refractivity contribution in [3.8, 4) is 0 Å². The summed E-state index contributed by atoms with van der Waals surface area (Å²) in [5, 5.41) is 3.02. The summed E-state index contributed by atoms with van der Waals surface area (Å²) in [7, 11) is -7.70. The Morgan fingerprint density at radius 3 is 1.83 bits per heavy atom. The number of rotatable bonds is 10. The lowest BCUT2D eigenvalue weighted by atomic mass is 10.3. The molecule has 0 heterocycles. The molecule has 0 aliphatic rings. The molecule has 3 aromatic rings. The molecular formula is C24H26ClN3O5S2. The van der Waals surface area contributed by atoms with Crippen LogP contribution in [0.5, 0.6) is 0 Å². The Balaban J connectivity index is 1.83. The Kier molecular flexibility index (Phi) is 8.55. The monoisotopic (exact) mass is 535 g/mol. The number of hydrogen-bond donors (Lipinski definition) is 1. The molecule has 35 heavy (non-hydrogen) atoms. The number of hydrogen-bond acceptors (Lipinski definition) is 5. The van der Waals surface area contributed by atoms with Crippen molar-refractivity contribution in [3.05, 3.63) is 83.9 Å². The minimum absolute atomic E-state index is 0.00971. The second-order valence-corrected chi connectivity index (χ2v) is 11.7. The van der Waals surface area contributed by atoms with E-state index in [0.29, 0.717) is 29.5 Å². The van der Waals surface area contributed by atoms with E-state index < -0.39 is 32.5 Å². The van der Waals surface area contributed by atoms with Gasteiger partial charge in [-0.3, -0.25) is 9.10 Å². The molecule has 186 valence electrons. The molecule has 0 bridgehead atoms. The summed E-state index contributed by atoms with van der Waals surface area (Å²) in [4.78, 5) is 12.9. The molecule has 1 N–H and O–H groups in total. The molecule has 11 heteroatoms. The maximum absolute atomic E-state index is 13.3. The van der Waals surface area contributed by atoms with Crippen LogP contribution in [0, 0.1) is 0 Å². The van der Waals surface area contributed by atoms with E-state index in [-0.39, 0.29) is 9.79 Å². The summed E-state index contributed by atoms with van der Waals surface area (Å²) in [6, 6.07) is 19.7. The number of nitrogens with one attached hydrogen (secondary N) is 1. The third kappa shape index (κ3) is 6.21.